The van der Waals surface area contributed by atoms with Gasteiger partial charge in [0.25, 0.3) is 0 Å². The van der Waals surface area contributed by atoms with Gasteiger partial charge in [-0.25, -0.2) is 4.39 Å². The lowest BCUT2D eigenvalue weighted by Crippen LogP contribution is -2.20. The molecule has 2 rings (SSSR count). The molecule has 14 heavy (non-hydrogen) atoms. The van der Waals surface area contributed by atoms with Crippen LogP contribution in [0.2, 0.25) is 0 Å². The van der Waals surface area contributed by atoms with Crippen LogP contribution in [0.4, 0.5) is 4.39 Å². The van der Waals surface area contributed by atoms with Gasteiger partial charge in [-0.15, -0.1) is 0 Å². The fourth-order valence-corrected chi connectivity index (χ4v) is 1.57. The number of aromatic hydroxyl groups is 1. The summed E-state index contributed by atoms with van der Waals surface area (Å²) >= 11 is 0. The molecule has 1 aliphatic rings. The van der Waals surface area contributed by atoms with E-state index >= 15 is 0 Å². The molecule has 3 nitrogen and oxygen atoms in total. The number of rotatable bonds is 2. The minimum Gasteiger partial charge on any atom is -0.504 e. The van der Waals surface area contributed by atoms with E-state index in [1.54, 1.807) is 0 Å². The first kappa shape index (κ1) is 9.27. The summed E-state index contributed by atoms with van der Waals surface area (Å²) in [5.74, 6) is -0.381. The van der Waals surface area contributed by atoms with Crippen LogP contribution in [0, 0.1) is 5.82 Å². The Balaban J connectivity index is 2.56. The number of hydrogen-bond donors (Lipinski definition) is 2. The Kier molecular flexibility index (Phi) is 1.89. The first-order valence-corrected chi connectivity index (χ1v) is 4.43. The van der Waals surface area contributed by atoms with Crippen LogP contribution in [-0.2, 0) is 5.54 Å². The number of benzene rings is 1. The average molecular weight is 197 g/mol. The molecule has 76 valence electrons. The van der Waals surface area contributed by atoms with Gasteiger partial charge in [-0.2, -0.15) is 0 Å². The van der Waals surface area contributed by atoms with Crippen LogP contribution in [0.3, 0.4) is 0 Å². The lowest BCUT2D eigenvalue weighted by molar-refractivity contribution is 0.363. The average Bonchev–Trinajstić information content (AvgIpc) is 2.85. The molecular weight excluding hydrogens is 185 g/mol. The van der Waals surface area contributed by atoms with E-state index < -0.39 is 11.4 Å². The van der Waals surface area contributed by atoms with E-state index in [9.17, 15) is 9.50 Å². The van der Waals surface area contributed by atoms with E-state index in [0.29, 0.717) is 12.8 Å². The minimum atomic E-state index is -0.692. The summed E-state index contributed by atoms with van der Waals surface area (Å²) in [6.45, 7) is 0. The Morgan fingerprint density at radius 1 is 1.50 bits per heavy atom. The van der Waals surface area contributed by atoms with Crippen LogP contribution in [0.5, 0.6) is 11.5 Å². The Morgan fingerprint density at radius 2 is 2.14 bits per heavy atom. The molecule has 0 aliphatic heterocycles. The zero-order chi connectivity index (χ0) is 10.3. The minimum absolute atomic E-state index is 0.174. The first-order valence-electron chi connectivity index (χ1n) is 4.43. The summed E-state index contributed by atoms with van der Waals surface area (Å²) in [6, 6.07) is 2.65. The first-order chi connectivity index (χ1) is 6.58. The third-order valence-electron chi connectivity index (χ3n) is 2.60. The third-order valence-corrected chi connectivity index (χ3v) is 2.60. The Morgan fingerprint density at radius 3 is 2.64 bits per heavy atom. The van der Waals surface area contributed by atoms with Crippen molar-refractivity contribution in [2.45, 2.75) is 18.4 Å². The van der Waals surface area contributed by atoms with E-state index in [1.165, 1.54) is 19.2 Å². The quantitative estimate of drug-likeness (QED) is 0.755. The van der Waals surface area contributed by atoms with Crippen molar-refractivity contribution in [1.29, 1.82) is 0 Å². The van der Waals surface area contributed by atoms with Crippen LogP contribution >= 0.6 is 0 Å². The molecule has 1 aromatic carbocycles. The van der Waals surface area contributed by atoms with Gasteiger partial charge >= 0.3 is 0 Å². The second-order valence-corrected chi connectivity index (χ2v) is 3.63. The van der Waals surface area contributed by atoms with Crippen molar-refractivity contribution >= 4 is 0 Å². The molecule has 1 saturated carbocycles. The van der Waals surface area contributed by atoms with Gasteiger partial charge in [-0.05, 0) is 25.0 Å². The lowest BCUT2D eigenvalue weighted by atomic mass is 10.0. The zero-order valence-electron chi connectivity index (χ0n) is 7.88. The van der Waals surface area contributed by atoms with Gasteiger partial charge in [0.1, 0.15) is 5.82 Å². The number of hydrogen-bond acceptors (Lipinski definition) is 3. The molecule has 3 N–H and O–H groups in total. The largest absolute Gasteiger partial charge is 0.504 e. The summed E-state index contributed by atoms with van der Waals surface area (Å²) < 4.78 is 18.3. The number of ether oxygens (including phenoxy) is 1. The molecule has 1 aliphatic carbocycles. The highest BCUT2D eigenvalue weighted by atomic mass is 19.1. The van der Waals surface area contributed by atoms with Crippen molar-refractivity contribution < 1.29 is 14.2 Å². The molecule has 0 saturated heterocycles. The standard InChI is InChI=1S/C10H12FNO2/c1-14-7-3-2-6(11)8(9(7)13)10(12)4-5-10/h2-3,13H,4-5,12H2,1H3. The van der Waals surface area contributed by atoms with Crippen molar-refractivity contribution in [3.63, 3.8) is 0 Å². The number of halogens is 1. The van der Waals surface area contributed by atoms with Crippen molar-refractivity contribution in [3.8, 4) is 11.5 Å². The molecule has 0 unspecified atom stereocenters. The predicted molar refractivity (Wildman–Crippen MR) is 49.7 cm³/mol. The normalized spacial score (nSPS) is 17.9. The van der Waals surface area contributed by atoms with Gasteiger partial charge in [-0.3, -0.25) is 0 Å². The van der Waals surface area contributed by atoms with Crippen LogP contribution in [0.1, 0.15) is 18.4 Å². The maximum absolute atomic E-state index is 13.4. The Labute approximate surface area is 81.3 Å². The van der Waals surface area contributed by atoms with Crippen LogP contribution in [0.25, 0.3) is 0 Å². The summed E-state index contributed by atoms with van der Waals surface area (Å²) in [5, 5.41) is 9.70. The molecule has 0 bridgehead atoms. The summed E-state index contributed by atoms with van der Waals surface area (Å²) in [6.07, 6.45) is 1.40. The van der Waals surface area contributed by atoms with Gasteiger partial charge < -0.3 is 15.6 Å². The van der Waals surface area contributed by atoms with Gasteiger partial charge in [-0.1, -0.05) is 0 Å². The molecule has 0 amide bonds. The maximum Gasteiger partial charge on any atom is 0.165 e. The Bertz CT molecular complexity index is 375. The molecule has 0 spiro atoms. The molecule has 1 aromatic rings. The van der Waals surface area contributed by atoms with E-state index in [2.05, 4.69) is 0 Å². The van der Waals surface area contributed by atoms with Crippen molar-refractivity contribution in [3.05, 3.63) is 23.5 Å². The van der Waals surface area contributed by atoms with Crippen molar-refractivity contribution in [1.82, 2.24) is 0 Å². The second-order valence-electron chi connectivity index (χ2n) is 3.63. The maximum atomic E-state index is 13.4. The summed E-state index contributed by atoms with van der Waals surface area (Å²) in [4.78, 5) is 0. The number of phenols is 1. The van der Waals surface area contributed by atoms with Crippen molar-refractivity contribution in [2.24, 2.45) is 5.73 Å². The van der Waals surface area contributed by atoms with Crippen LogP contribution < -0.4 is 10.5 Å². The second kappa shape index (κ2) is 2.85. The van der Waals surface area contributed by atoms with Crippen LogP contribution in [0.15, 0.2) is 12.1 Å². The van der Waals surface area contributed by atoms with E-state index in [4.69, 9.17) is 10.5 Å². The van der Waals surface area contributed by atoms with E-state index in [-0.39, 0.29) is 17.1 Å². The fourth-order valence-electron chi connectivity index (χ4n) is 1.57. The Hall–Kier alpha value is -1.29. The highest BCUT2D eigenvalue weighted by Crippen LogP contribution is 2.49. The summed E-state index contributed by atoms with van der Waals surface area (Å²) in [5.41, 5.74) is 5.32. The highest BCUT2D eigenvalue weighted by molar-refractivity contribution is 5.51. The predicted octanol–water partition coefficient (Wildman–Crippen LogP) is 1.49. The fraction of sp³-hybridized carbons (Fsp3) is 0.400. The van der Waals surface area contributed by atoms with Crippen LogP contribution in [-0.4, -0.2) is 12.2 Å². The summed E-state index contributed by atoms with van der Waals surface area (Å²) in [7, 11) is 1.42. The zero-order valence-corrected chi connectivity index (χ0v) is 7.88. The number of methoxy groups -OCH3 is 1. The van der Waals surface area contributed by atoms with Gasteiger partial charge in [0.15, 0.2) is 11.5 Å². The van der Waals surface area contributed by atoms with E-state index in [1.807, 2.05) is 0 Å². The van der Waals surface area contributed by atoms with Gasteiger partial charge in [0.2, 0.25) is 0 Å². The molecule has 0 radical (unpaired) electrons. The molecule has 1 fully saturated rings. The molecule has 4 heteroatoms. The van der Waals surface area contributed by atoms with Crippen molar-refractivity contribution in [2.75, 3.05) is 7.11 Å². The number of phenolic OH excluding ortho intramolecular Hbond substituents is 1. The number of nitrogens with two attached hydrogens (primary N) is 1. The molecule has 0 aromatic heterocycles. The molecular formula is C10H12FNO2. The molecule has 0 heterocycles. The smallest absolute Gasteiger partial charge is 0.165 e. The highest BCUT2D eigenvalue weighted by Gasteiger charge is 2.44. The molecule has 0 atom stereocenters. The van der Waals surface area contributed by atoms with Gasteiger partial charge in [0.05, 0.1) is 12.7 Å². The van der Waals surface area contributed by atoms with Gasteiger partial charge in [0, 0.05) is 5.54 Å². The lowest BCUT2D eigenvalue weighted by Gasteiger charge is -2.14. The monoisotopic (exact) mass is 197 g/mol. The SMILES string of the molecule is COc1ccc(F)c(C2(N)CC2)c1O. The van der Waals surface area contributed by atoms with E-state index in [0.717, 1.165) is 0 Å². The third kappa shape index (κ3) is 1.23. The topological polar surface area (TPSA) is 55.5 Å².